The highest BCUT2D eigenvalue weighted by Crippen LogP contribution is 2.32. The van der Waals surface area contributed by atoms with E-state index < -0.39 is 23.2 Å². The number of aryl methyl sites for hydroxylation is 1. The molecule has 0 radical (unpaired) electrons. The molecule has 1 amide bonds. The van der Waals surface area contributed by atoms with Crippen LogP contribution in [0.3, 0.4) is 0 Å². The third-order valence-electron chi connectivity index (χ3n) is 5.37. The highest BCUT2D eigenvalue weighted by molar-refractivity contribution is 7.09. The van der Waals surface area contributed by atoms with Gasteiger partial charge in [-0.3, -0.25) is 9.69 Å². The molecule has 1 aromatic carbocycles. The van der Waals surface area contributed by atoms with Gasteiger partial charge in [-0.2, -0.15) is 23.3 Å². The molecule has 33 heavy (non-hydrogen) atoms. The van der Waals surface area contributed by atoms with E-state index in [1.165, 1.54) is 17.4 Å². The smallest absolute Gasteiger partial charge is 0.388 e. The standard InChI is InChI=1S/C23H31F3N4O2S/c1-6-7-10-30-20(33-19(28-30)21(2,3)4)27-18(31)17-11-16(23(24,25)26)9-8-15(17)12-29-13-22(5,32)14-29/h8-9,11,32H,6-7,10,12-14H2,1-5H3/b27-20-. The predicted molar refractivity (Wildman–Crippen MR) is 121 cm³/mol. The Balaban J connectivity index is 2.02. The summed E-state index contributed by atoms with van der Waals surface area (Å²) in [5, 5.41) is 15.4. The van der Waals surface area contributed by atoms with Gasteiger partial charge in [0.2, 0.25) is 4.80 Å². The van der Waals surface area contributed by atoms with Crippen molar-refractivity contribution in [3.8, 4) is 0 Å². The van der Waals surface area contributed by atoms with Gasteiger partial charge in [0.05, 0.1) is 11.2 Å². The summed E-state index contributed by atoms with van der Waals surface area (Å²) in [5.41, 5.74) is -1.58. The minimum atomic E-state index is -4.57. The van der Waals surface area contributed by atoms with Crippen LogP contribution in [-0.2, 0) is 24.7 Å². The van der Waals surface area contributed by atoms with E-state index in [0.29, 0.717) is 30.0 Å². The van der Waals surface area contributed by atoms with E-state index in [-0.39, 0.29) is 17.5 Å². The first-order chi connectivity index (χ1) is 15.2. The summed E-state index contributed by atoms with van der Waals surface area (Å²) < 4.78 is 41.8. The molecule has 1 aliphatic heterocycles. The molecule has 0 unspecified atom stereocenters. The lowest BCUT2D eigenvalue weighted by Gasteiger charge is -2.44. The van der Waals surface area contributed by atoms with Crippen molar-refractivity contribution in [2.24, 2.45) is 4.99 Å². The monoisotopic (exact) mass is 484 g/mol. The Morgan fingerprint density at radius 2 is 1.94 bits per heavy atom. The number of halogens is 3. The number of likely N-dealkylation sites (tertiary alicyclic amines) is 1. The van der Waals surface area contributed by atoms with E-state index in [1.54, 1.807) is 11.6 Å². The minimum absolute atomic E-state index is 0.0795. The Morgan fingerprint density at radius 3 is 2.48 bits per heavy atom. The van der Waals surface area contributed by atoms with Crippen LogP contribution in [0, 0.1) is 0 Å². The maximum Gasteiger partial charge on any atom is 0.416 e. The van der Waals surface area contributed by atoms with E-state index in [1.807, 2.05) is 32.6 Å². The highest BCUT2D eigenvalue weighted by atomic mass is 32.1. The molecule has 1 N–H and O–H groups in total. The molecule has 1 aliphatic rings. The van der Waals surface area contributed by atoms with Crippen molar-refractivity contribution < 1.29 is 23.1 Å². The van der Waals surface area contributed by atoms with Crippen molar-refractivity contribution in [3.05, 3.63) is 44.7 Å². The van der Waals surface area contributed by atoms with Gasteiger partial charge in [-0.25, -0.2) is 4.68 Å². The fourth-order valence-corrected chi connectivity index (χ4v) is 4.64. The summed E-state index contributed by atoms with van der Waals surface area (Å²) in [6, 6.07) is 3.19. The molecule has 0 bridgehead atoms. The van der Waals surface area contributed by atoms with E-state index in [4.69, 9.17) is 0 Å². The molecule has 6 nitrogen and oxygen atoms in total. The van der Waals surface area contributed by atoms with Gasteiger partial charge in [0.25, 0.3) is 5.91 Å². The van der Waals surface area contributed by atoms with Crippen LogP contribution in [0.5, 0.6) is 0 Å². The summed E-state index contributed by atoms with van der Waals surface area (Å²) in [6.07, 6.45) is -2.79. The second-order valence-electron chi connectivity index (χ2n) is 9.95. The predicted octanol–water partition coefficient (Wildman–Crippen LogP) is 4.37. The number of alkyl halides is 3. The zero-order chi connectivity index (χ0) is 24.6. The molecule has 0 atom stereocenters. The van der Waals surface area contributed by atoms with Crippen LogP contribution in [-0.4, -0.2) is 44.4 Å². The maximum atomic E-state index is 13.4. The Kier molecular flexibility index (Phi) is 7.21. The minimum Gasteiger partial charge on any atom is -0.388 e. The van der Waals surface area contributed by atoms with Gasteiger partial charge in [-0.05, 0) is 31.0 Å². The molecule has 1 aromatic heterocycles. The molecule has 2 aromatic rings. The van der Waals surface area contributed by atoms with Gasteiger partial charge in [0, 0.05) is 37.2 Å². The lowest BCUT2D eigenvalue weighted by atomic mass is 9.94. The average Bonchev–Trinajstić information content (AvgIpc) is 3.07. The van der Waals surface area contributed by atoms with Gasteiger partial charge in [-0.15, -0.1) is 0 Å². The number of nitrogens with zero attached hydrogens (tertiary/aromatic N) is 4. The maximum absolute atomic E-state index is 13.4. The molecular weight excluding hydrogens is 453 g/mol. The van der Waals surface area contributed by atoms with Gasteiger partial charge in [-0.1, -0.05) is 51.5 Å². The number of carbonyl (C=O) groups excluding carboxylic acids is 1. The number of hydrogen-bond donors (Lipinski definition) is 1. The van der Waals surface area contributed by atoms with Gasteiger partial charge in [0.1, 0.15) is 5.01 Å². The summed E-state index contributed by atoms with van der Waals surface area (Å²) in [5.74, 6) is -0.724. The molecule has 2 heterocycles. The number of rotatable bonds is 6. The Hall–Kier alpha value is -2.04. The third kappa shape index (κ3) is 6.30. The molecular formula is C23H31F3N4O2S. The van der Waals surface area contributed by atoms with Crippen LogP contribution >= 0.6 is 11.3 Å². The van der Waals surface area contributed by atoms with Crippen LogP contribution in [0.15, 0.2) is 23.2 Å². The highest BCUT2D eigenvalue weighted by Gasteiger charge is 2.37. The fourth-order valence-electron chi connectivity index (χ4n) is 3.66. The van der Waals surface area contributed by atoms with Crippen molar-refractivity contribution in [2.45, 2.75) is 77.7 Å². The van der Waals surface area contributed by atoms with E-state index in [0.717, 1.165) is 30.0 Å². The Labute approximate surface area is 195 Å². The number of carbonyl (C=O) groups is 1. The van der Waals surface area contributed by atoms with Crippen molar-refractivity contribution >= 4 is 17.2 Å². The third-order valence-corrected chi connectivity index (χ3v) is 6.74. The molecule has 0 spiro atoms. The molecule has 0 aliphatic carbocycles. The number of benzene rings is 1. The largest absolute Gasteiger partial charge is 0.416 e. The van der Waals surface area contributed by atoms with Crippen molar-refractivity contribution in [1.82, 2.24) is 14.7 Å². The lowest BCUT2D eigenvalue weighted by Crippen LogP contribution is -2.59. The molecule has 10 heteroatoms. The lowest BCUT2D eigenvalue weighted by molar-refractivity contribution is -0.137. The van der Waals surface area contributed by atoms with Crippen molar-refractivity contribution in [2.75, 3.05) is 13.1 Å². The summed E-state index contributed by atoms with van der Waals surface area (Å²) in [6.45, 7) is 11.4. The average molecular weight is 485 g/mol. The van der Waals surface area contributed by atoms with Crippen molar-refractivity contribution in [1.29, 1.82) is 0 Å². The number of amides is 1. The topological polar surface area (TPSA) is 70.7 Å². The molecule has 0 saturated carbocycles. The van der Waals surface area contributed by atoms with E-state index in [2.05, 4.69) is 10.1 Å². The summed E-state index contributed by atoms with van der Waals surface area (Å²) >= 11 is 1.28. The molecule has 1 fully saturated rings. The Bertz CT molecular complexity index is 1070. The van der Waals surface area contributed by atoms with Crippen LogP contribution in [0.4, 0.5) is 13.2 Å². The molecule has 182 valence electrons. The van der Waals surface area contributed by atoms with Crippen LogP contribution in [0.2, 0.25) is 0 Å². The van der Waals surface area contributed by atoms with Crippen LogP contribution in [0.25, 0.3) is 0 Å². The first kappa shape index (κ1) is 25.6. The van der Waals surface area contributed by atoms with E-state index in [9.17, 15) is 23.1 Å². The first-order valence-electron chi connectivity index (χ1n) is 11.0. The number of unbranched alkanes of at least 4 members (excludes halogenated alkanes) is 1. The summed E-state index contributed by atoms with van der Waals surface area (Å²) in [4.78, 5) is 19.7. The van der Waals surface area contributed by atoms with Crippen LogP contribution in [0.1, 0.15) is 74.0 Å². The normalized spacial score (nSPS) is 17.3. The van der Waals surface area contributed by atoms with Crippen molar-refractivity contribution in [3.63, 3.8) is 0 Å². The van der Waals surface area contributed by atoms with Gasteiger partial charge < -0.3 is 5.11 Å². The van der Waals surface area contributed by atoms with E-state index >= 15 is 0 Å². The first-order valence-corrected chi connectivity index (χ1v) is 11.8. The fraction of sp³-hybridized carbons (Fsp3) is 0.609. The zero-order valence-electron chi connectivity index (χ0n) is 19.7. The SMILES string of the molecule is CCCCn1nc(C(C)(C)C)s/c1=N\C(=O)c1cc(C(F)(F)F)ccc1CN1CC(C)(O)C1. The number of aromatic nitrogens is 2. The van der Waals surface area contributed by atoms with Gasteiger partial charge >= 0.3 is 6.18 Å². The second kappa shape index (κ2) is 9.31. The number of β-amino-alcohol motifs (C(OH)–C–C–N with tert-alkyl or cyclic N) is 1. The molecule has 1 saturated heterocycles. The second-order valence-corrected chi connectivity index (χ2v) is 10.9. The summed E-state index contributed by atoms with van der Waals surface area (Å²) in [7, 11) is 0. The van der Waals surface area contributed by atoms with Crippen LogP contribution < -0.4 is 4.80 Å². The quantitative estimate of drug-likeness (QED) is 0.661. The number of aliphatic hydroxyl groups is 1. The molecule has 3 rings (SSSR count). The Morgan fingerprint density at radius 1 is 1.27 bits per heavy atom. The number of hydrogen-bond acceptors (Lipinski definition) is 5. The van der Waals surface area contributed by atoms with Gasteiger partial charge in [0.15, 0.2) is 0 Å². The zero-order valence-corrected chi connectivity index (χ0v) is 20.5.